The van der Waals surface area contributed by atoms with E-state index in [1.165, 1.54) is 0 Å². The largest absolute Gasteiger partial charge is 0.299 e. The molecule has 6 heteroatoms. The summed E-state index contributed by atoms with van der Waals surface area (Å²) in [6.45, 7) is 3.94. The number of rotatable bonds is 2. The lowest BCUT2D eigenvalue weighted by Crippen LogP contribution is -2.33. The van der Waals surface area contributed by atoms with Gasteiger partial charge < -0.3 is 0 Å². The third kappa shape index (κ3) is 2.55. The maximum Gasteiger partial charge on any atom is 0.299 e. The predicted octanol–water partition coefficient (Wildman–Crippen LogP) is 1.24. The number of hydrogen-bond donors (Lipinski definition) is 1. The van der Waals surface area contributed by atoms with Crippen molar-refractivity contribution >= 4 is 23.8 Å². The monoisotopic (exact) mass is 314 g/mol. The molecule has 5 nitrogen and oxygen atoms in total. The maximum absolute atomic E-state index is 12.2. The molecule has 0 amide bonds. The smallest absolute Gasteiger partial charge is 0.289 e. The van der Waals surface area contributed by atoms with Crippen molar-refractivity contribution in [2.24, 2.45) is 0 Å². The fraction of sp³-hybridized carbons (Fsp3) is 0.188. The maximum atomic E-state index is 12.2. The molecule has 0 aliphatic carbocycles. The van der Waals surface area contributed by atoms with Gasteiger partial charge in [-0.1, -0.05) is 36.7 Å². The van der Waals surface area contributed by atoms with Crippen molar-refractivity contribution < 1.29 is 0 Å². The molecule has 1 aromatic carbocycles. The third-order valence-corrected chi connectivity index (χ3v) is 3.65. The molecule has 0 radical (unpaired) electrons. The standard InChI is InChI=1S/C16H15ClN4O/c1-3-12-13(4-2)20-21-14(15(22)19-16(21)18-12)9-10-6-5-7-11(17)8-10/h4-9,20H,3H2,1-2H3/b13-4-,14-9+. The minimum Gasteiger partial charge on any atom is -0.289 e. The highest BCUT2D eigenvalue weighted by atomic mass is 35.5. The molecule has 112 valence electrons. The van der Waals surface area contributed by atoms with Gasteiger partial charge in [0.05, 0.1) is 11.0 Å². The molecule has 2 heterocycles. The van der Waals surface area contributed by atoms with Crippen molar-refractivity contribution in [3.63, 3.8) is 0 Å². The number of aromatic nitrogens is 4. The number of H-pyrrole nitrogens is 1. The molecule has 3 rings (SSSR count). The normalized spacial score (nSPS) is 13.2. The first kappa shape index (κ1) is 14.5. The highest BCUT2D eigenvalue weighted by Gasteiger charge is 2.12. The first-order valence-electron chi connectivity index (χ1n) is 7.03. The number of aromatic amines is 1. The zero-order chi connectivity index (χ0) is 15.7. The van der Waals surface area contributed by atoms with Crippen LogP contribution in [0.4, 0.5) is 0 Å². The van der Waals surface area contributed by atoms with Gasteiger partial charge in [0, 0.05) is 5.02 Å². The SMILES string of the molecule is C/C=c1\[nH]n2/c(=C/c3cccc(Cl)c3)c(=O)nc-2nc1CC. The molecule has 2 aliphatic rings. The zero-order valence-corrected chi connectivity index (χ0v) is 13.1. The van der Waals surface area contributed by atoms with Crippen molar-refractivity contribution in [3.05, 3.63) is 61.6 Å². The summed E-state index contributed by atoms with van der Waals surface area (Å²) in [7, 11) is 0. The van der Waals surface area contributed by atoms with Crippen LogP contribution in [0, 0.1) is 0 Å². The van der Waals surface area contributed by atoms with E-state index in [2.05, 4.69) is 15.1 Å². The van der Waals surface area contributed by atoms with Crippen molar-refractivity contribution in [2.75, 3.05) is 0 Å². The van der Waals surface area contributed by atoms with Gasteiger partial charge in [0.15, 0.2) is 0 Å². The molecule has 2 aliphatic heterocycles. The Morgan fingerprint density at radius 1 is 1.36 bits per heavy atom. The fourth-order valence-electron chi connectivity index (χ4n) is 2.33. The van der Waals surface area contributed by atoms with Crippen LogP contribution in [0.1, 0.15) is 25.1 Å². The fourth-order valence-corrected chi connectivity index (χ4v) is 2.53. The van der Waals surface area contributed by atoms with E-state index in [1.807, 2.05) is 32.1 Å². The third-order valence-electron chi connectivity index (χ3n) is 3.42. The number of hydrogen-bond acceptors (Lipinski definition) is 3. The second kappa shape index (κ2) is 5.77. The first-order valence-corrected chi connectivity index (χ1v) is 7.41. The Kier molecular flexibility index (Phi) is 3.81. The minimum atomic E-state index is -0.320. The van der Waals surface area contributed by atoms with Crippen LogP contribution in [0.3, 0.4) is 0 Å². The Morgan fingerprint density at radius 3 is 2.86 bits per heavy atom. The van der Waals surface area contributed by atoms with Crippen LogP contribution < -0.4 is 16.3 Å². The van der Waals surface area contributed by atoms with Gasteiger partial charge in [0.2, 0.25) is 0 Å². The molecular formula is C16H15ClN4O. The van der Waals surface area contributed by atoms with E-state index in [4.69, 9.17) is 11.6 Å². The van der Waals surface area contributed by atoms with Crippen LogP contribution in [-0.4, -0.2) is 19.7 Å². The van der Waals surface area contributed by atoms with E-state index in [0.29, 0.717) is 16.3 Å². The van der Waals surface area contributed by atoms with E-state index in [0.717, 1.165) is 23.0 Å². The van der Waals surface area contributed by atoms with Crippen molar-refractivity contribution in [1.82, 2.24) is 19.7 Å². The van der Waals surface area contributed by atoms with Gasteiger partial charge in [0.1, 0.15) is 5.35 Å². The molecule has 0 spiro atoms. The molecule has 0 aromatic heterocycles. The van der Waals surface area contributed by atoms with E-state index in [-0.39, 0.29) is 5.56 Å². The van der Waals surface area contributed by atoms with Crippen molar-refractivity contribution in [2.45, 2.75) is 20.3 Å². The number of imidazole rings is 1. The van der Waals surface area contributed by atoms with Crippen LogP contribution in [-0.2, 0) is 6.42 Å². The number of nitrogens with one attached hydrogen (secondary N) is 1. The number of halogens is 1. The Bertz CT molecular complexity index is 971. The highest BCUT2D eigenvalue weighted by Crippen LogP contribution is 2.10. The Labute approximate surface area is 131 Å². The Hall–Kier alpha value is -2.40. The van der Waals surface area contributed by atoms with Crippen LogP contribution in [0.5, 0.6) is 0 Å². The van der Waals surface area contributed by atoms with Crippen molar-refractivity contribution in [3.8, 4) is 5.95 Å². The lowest BCUT2D eigenvalue weighted by molar-refractivity contribution is 0.732. The number of benzene rings is 1. The Morgan fingerprint density at radius 2 is 2.18 bits per heavy atom. The lowest BCUT2D eigenvalue weighted by atomic mass is 10.2. The van der Waals surface area contributed by atoms with E-state index >= 15 is 0 Å². The van der Waals surface area contributed by atoms with Crippen LogP contribution in [0.2, 0.25) is 5.02 Å². The average Bonchev–Trinajstić information content (AvgIpc) is 2.81. The molecule has 0 bridgehead atoms. The molecule has 22 heavy (non-hydrogen) atoms. The summed E-state index contributed by atoms with van der Waals surface area (Å²) in [5.41, 5.74) is 1.40. The molecule has 0 saturated carbocycles. The van der Waals surface area contributed by atoms with Crippen LogP contribution >= 0.6 is 11.6 Å². The summed E-state index contributed by atoms with van der Waals surface area (Å²) in [5.74, 6) is 0.376. The number of fused-ring (bicyclic) bond motifs is 1. The molecule has 0 fully saturated rings. The van der Waals surface area contributed by atoms with Crippen LogP contribution in [0.15, 0.2) is 29.1 Å². The predicted molar refractivity (Wildman–Crippen MR) is 87.0 cm³/mol. The highest BCUT2D eigenvalue weighted by molar-refractivity contribution is 6.30. The summed E-state index contributed by atoms with van der Waals surface area (Å²) >= 11 is 5.98. The molecule has 1 N–H and O–H groups in total. The van der Waals surface area contributed by atoms with E-state index < -0.39 is 0 Å². The first-order chi connectivity index (χ1) is 10.6. The summed E-state index contributed by atoms with van der Waals surface area (Å²) in [5, 5.41) is 5.12. The summed E-state index contributed by atoms with van der Waals surface area (Å²) in [6, 6.07) is 7.30. The second-order valence-electron chi connectivity index (χ2n) is 4.86. The minimum absolute atomic E-state index is 0.320. The molecular weight excluding hydrogens is 300 g/mol. The zero-order valence-electron chi connectivity index (χ0n) is 12.3. The molecule has 0 saturated heterocycles. The number of aryl methyl sites for hydroxylation is 1. The average molecular weight is 315 g/mol. The quantitative estimate of drug-likeness (QED) is 0.774. The molecule has 0 unspecified atom stereocenters. The van der Waals surface area contributed by atoms with E-state index in [9.17, 15) is 4.79 Å². The van der Waals surface area contributed by atoms with Crippen LogP contribution in [0.25, 0.3) is 18.1 Å². The topological polar surface area (TPSA) is 63.6 Å². The van der Waals surface area contributed by atoms with Gasteiger partial charge in [-0.05, 0) is 37.1 Å². The molecule has 1 aromatic rings. The van der Waals surface area contributed by atoms with Gasteiger partial charge in [0.25, 0.3) is 11.5 Å². The summed E-state index contributed by atoms with van der Waals surface area (Å²) in [6.07, 6.45) is 4.44. The Balaban J connectivity index is 2.32. The van der Waals surface area contributed by atoms with Crippen molar-refractivity contribution in [1.29, 1.82) is 0 Å². The van der Waals surface area contributed by atoms with Gasteiger partial charge in [-0.2, -0.15) is 4.98 Å². The summed E-state index contributed by atoms with van der Waals surface area (Å²) < 4.78 is 1.61. The molecule has 0 atom stereocenters. The number of nitrogens with zero attached hydrogens (tertiary/aromatic N) is 3. The second-order valence-corrected chi connectivity index (χ2v) is 5.30. The summed E-state index contributed by atoms with van der Waals surface area (Å²) in [4.78, 5) is 20.6. The van der Waals surface area contributed by atoms with Gasteiger partial charge in [-0.3, -0.25) is 9.89 Å². The van der Waals surface area contributed by atoms with Gasteiger partial charge >= 0.3 is 0 Å². The van der Waals surface area contributed by atoms with Gasteiger partial charge in [-0.15, -0.1) is 0 Å². The lowest BCUT2D eigenvalue weighted by Gasteiger charge is -2.06. The van der Waals surface area contributed by atoms with Gasteiger partial charge in [-0.25, -0.2) is 9.67 Å². The van der Waals surface area contributed by atoms with E-state index in [1.54, 1.807) is 22.9 Å².